The number of carbonyl (C=O) groups is 1. The van der Waals surface area contributed by atoms with Crippen LogP contribution in [0.4, 0.5) is 19.0 Å². The lowest BCUT2D eigenvalue weighted by Gasteiger charge is -2.43. The van der Waals surface area contributed by atoms with Crippen LogP contribution in [0.2, 0.25) is 0 Å². The predicted molar refractivity (Wildman–Crippen MR) is 113 cm³/mol. The van der Waals surface area contributed by atoms with E-state index in [9.17, 15) is 31.5 Å². The number of aromatic hydroxyl groups is 1. The number of piperazine rings is 1. The number of phenols is 1. The standard InChI is InChI=1S/C21H24F3N3O5S/c1-13-11-26(19-7-4-16(10-25-19)21(22,23)24)12-14(2)27(13)33(31,32)17-5-6-18(28)15(9-17)3-8-20(29)30/h4-7,9-10,13-14,28H,3,8,11-12H2,1-2H3,(H,29,30)/t13-,14+. The van der Waals surface area contributed by atoms with Gasteiger partial charge in [-0.2, -0.15) is 17.5 Å². The lowest BCUT2D eigenvalue weighted by Crippen LogP contribution is -2.58. The molecule has 1 aliphatic heterocycles. The Kier molecular flexibility index (Phi) is 6.89. The molecule has 0 unspecified atom stereocenters. The molecule has 180 valence electrons. The molecule has 0 saturated carbocycles. The molecule has 2 atom stereocenters. The van der Waals surface area contributed by atoms with Gasteiger partial charge in [0, 0.05) is 37.8 Å². The number of aromatic nitrogens is 1. The topological polar surface area (TPSA) is 111 Å². The largest absolute Gasteiger partial charge is 0.508 e. The number of benzene rings is 1. The number of carboxylic acids is 1. The molecule has 1 fully saturated rings. The normalized spacial score (nSPS) is 20.1. The summed E-state index contributed by atoms with van der Waals surface area (Å²) < 4.78 is 66.5. The number of rotatable bonds is 6. The second-order valence-corrected chi connectivity index (χ2v) is 9.87. The van der Waals surface area contributed by atoms with Crippen LogP contribution in [-0.4, -0.2) is 59.1 Å². The fourth-order valence-corrected chi connectivity index (χ4v) is 5.85. The first-order chi connectivity index (χ1) is 15.3. The van der Waals surface area contributed by atoms with Crippen molar-refractivity contribution < 1.29 is 36.6 Å². The Hall–Kier alpha value is -2.86. The molecule has 1 aliphatic rings. The summed E-state index contributed by atoms with van der Waals surface area (Å²) >= 11 is 0. The van der Waals surface area contributed by atoms with Crippen LogP contribution in [0.3, 0.4) is 0 Å². The summed E-state index contributed by atoms with van der Waals surface area (Å²) in [4.78, 5) is 16.4. The molecule has 0 aliphatic carbocycles. The molecule has 1 aromatic heterocycles. The average molecular weight is 488 g/mol. The van der Waals surface area contributed by atoms with E-state index in [1.54, 1.807) is 18.7 Å². The molecule has 0 amide bonds. The van der Waals surface area contributed by atoms with Gasteiger partial charge in [-0.3, -0.25) is 4.79 Å². The number of aliphatic carboxylic acids is 1. The highest BCUT2D eigenvalue weighted by Crippen LogP contribution is 2.32. The van der Waals surface area contributed by atoms with Crippen LogP contribution in [-0.2, 0) is 27.4 Å². The van der Waals surface area contributed by atoms with E-state index in [2.05, 4.69) is 4.98 Å². The van der Waals surface area contributed by atoms with Crippen molar-refractivity contribution in [3.05, 3.63) is 47.7 Å². The fourth-order valence-electron chi connectivity index (χ4n) is 4.00. The van der Waals surface area contributed by atoms with Gasteiger partial charge in [0.25, 0.3) is 0 Å². The van der Waals surface area contributed by atoms with Gasteiger partial charge in [-0.05, 0) is 56.2 Å². The zero-order valence-electron chi connectivity index (χ0n) is 18.0. The first-order valence-electron chi connectivity index (χ1n) is 10.2. The molecule has 2 N–H and O–H groups in total. The minimum atomic E-state index is -4.49. The number of aryl methyl sites for hydroxylation is 1. The van der Waals surface area contributed by atoms with E-state index in [0.717, 1.165) is 12.3 Å². The third-order valence-corrected chi connectivity index (χ3v) is 7.60. The Labute approximate surface area is 189 Å². The lowest BCUT2D eigenvalue weighted by atomic mass is 10.1. The van der Waals surface area contributed by atoms with Crippen LogP contribution >= 0.6 is 0 Å². The second kappa shape index (κ2) is 9.18. The summed E-state index contributed by atoms with van der Waals surface area (Å²) in [6, 6.07) is 4.91. The second-order valence-electron chi connectivity index (χ2n) is 8.03. The van der Waals surface area contributed by atoms with Crippen molar-refractivity contribution in [3.63, 3.8) is 0 Å². The van der Waals surface area contributed by atoms with Gasteiger partial charge >= 0.3 is 12.1 Å². The zero-order chi connectivity index (χ0) is 24.6. The van der Waals surface area contributed by atoms with Crippen molar-refractivity contribution in [3.8, 4) is 5.75 Å². The maximum atomic E-state index is 13.4. The highest BCUT2D eigenvalue weighted by molar-refractivity contribution is 7.89. The molecule has 33 heavy (non-hydrogen) atoms. The third-order valence-electron chi connectivity index (χ3n) is 5.47. The first-order valence-corrected chi connectivity index (χ1v) is 11.6. The number of sulfonamides is 1. The lowest BCUT2D eigenvalue weighted by molar-refractivity contribution is -0.138. The van der Waals surface area contributed by atoms with Gasteiger partial charge in [0.05, 0.1) is 10.5 Å². The van der Waals surface area contributed by atoms with Gasteiger partial charge in [-0.25, -0.2) is 13.4 Å². The highest BCUT2D eigenvalue weighted by atomic mass is 32.2. The summed E-state index contributed by atoms with van der Waals surface area (Å²) in [6.07, 6.45) is -4.03. The molecule has 2 aromatic rings. The number of alkyl halides is 3. The van der Waals surface area contributed by atoms with Crippen molar-refractivity contribution in [1.82, 2.24) is 9.29 Å². The average Bonchev–Trinajstić information content (AvgIpc) is 2.71. The van der Waals surface area contributed by atoms with E-state index in [4.69, 9.17) is 5.11 Å². The summed E-state index contributed by atoms with van der Waals surface area (Å²) in [7, 11) is -3.99. The molecular weight excluding hydrogens is 463 g/mol. The minimum Gasteiger partial charge on any atom is -0.508 e. The number of anilines is 1. The summed E-state index contributed by atoms with van der Waals surface area (Å²) in [6.45, 7) is 3.81. The van der Waals surface area contributed by atoms with E-state index < -0.39 is 39.8 Å². The predicted octanol–water partition coefficient (Wildman–Crippen LogP) is 3.11. The number of hydrogen-bond donors (Lipinski definition) is 2. The Balaban J connectivity index is 1.82. The molecule has 1 aromatic carbocycles. The van der Waals surface area contributed by atoms with Crippen LogP contribution in [0, 0.1) is 0 Å². The van der Waals surface area contributed by atoms with Gasteiger partial charge < -0.3 is 15.1 Å². The third kappa shape index (κ3) is 5.38. The van der Waals surface area contributed by atoms with Gasteiger partial charge in [0.1, 0.15) is 11.6 Å². The SMILES string of the molecule is C[C@@H]1CN(c2ccc(C(F)(F)F)cn2)C[C@H](C)N1S(=O)(=O)c1ccc(O)c(CCC(=O)O)c1. The summed E-state index contributed by atoms with van der Waals surface area (Å²) in [5.74, 6) is -0.938. The van der Waals surface area contributed by atoms with E-state index in [0.29, 0.717) is 5.82 Å². The molecule has 0 bridgehead atoms. The summed E-state index contributed by atoms with van der Waals surface area (Å²) in [5.41, 5.74) is -0.647. The molecule has 1 saturated heterocycles. The Morgan fingerprint density at radius 1 is 1.15 bits per heavy atom. The van der Waals surface area contributed by atoms with Crippen molar-refractivity contribution >= 4 is 21.8 Å². The van der Waals surface area contributed by atoms with Crippen LogP contribution in [0.1, 0.15) is 31.4 Å². The van der Waals surface area contributed by atoms with Crippen molar-refractivity contribution in [2.75, 3.05) is 18.0 Å². The van der Waals surface area contributed by atoms with E-state index in [1.807, 2.05) is 0 Å². The van der Waals surface area contributed by atoms with Gasteiger partial charge in [0.15, 0.2) is 0 Å². The number of hydrogen-bond acceptors (Lipinski definition) is 6. The smallest absolute Gasteiger partial charge is 0.417 e. The number of halogens is 3. The maximum Gasteiger partial charge on any atom is 0.417 e. The molecule has 3 rings (SSSR count). The number of pyridine rings is 1. The number of phenolic OH excluding ortho intramolecular Hbond substituents is 1. The molecule has 12 heteroatoms. The summed E-state index contributed by atoms with van der Waals surface area (Å²) in [5, 5.41) is 18.8. The van der Waals surface area contributed by atoms with Gasteiger partial charge in [-0.1, -0.05) is 0 Å². The van der Waals surface area contributed by atoms with Crippen molar-refractivity contribution in [2.45, 2.75) is 49.8 Å². The van der Waals surface area contributed by atoms with E-state index in [-0.39, 0.29) is 42.1 Å². The number of carboxylic acid groups (broad SMARTS) is 1. The minimum absolute atomic E-state index is 0.0248. The van der Waals surface area contributed by atoms with Crippen molar-refractivity contribution in [2.24, 2.45) is 0 Å². The molecule has 2 heterocycles. The molecular formula is C21H24F3N3O5S. The van der Waals surface area contributed by atoms with Gasteiger partial charge in [0.2, 0.25) is 10.0 Å². The van der Waals surface area contributed by atoms with E-state index >= 15 is 0 Å². The number of nitrogens with zero attached hydrogens (tertiary/aromatic N) is 3. The van der Waals surface area contributed by atoms with Crippen LogP contribution in [0.15, 0.2) is 41.4 Å². The molecule has 0 spiro atoms. The van der Waals surface area contributed by atoms with Gasteiger partial charge in [-0.15, -0.1) is 0 Å². The fraction of sp³-hybridized carbons (Fsp3) is 0.429. The Bertz CT molecular complexity index is 1110. The quantitative estimate of drug-likeness (QED) is 0.644. The Morgan fingerprint density at radius 3 is 2.30 bits per heavy atom. The highest BCUT2D eigenvalue weighted by Gasteiger charge is 2.39. The zero-order valence-corrected chi connectivity index (χ0v) is 18.8. The van der Waals surface area contributed by atoms with E-state index in [1.165, 1.54) is 28.6 Å². The maximum absolute atomic E-state index is 13.4. The van der Waals surface area contributed by atoms with Crippen LogP contribution in [0.5, 0.6) is 5.75 Å². The first kappa shape index (κ1) is 24.8. The Morgan fingerprint density at radius 2 is 1.79 bits per heavy atom. The monoisotopic (exact) mass is 487 g/mol. The molecule has 8 nitrogen and oxygen atoms in total. The van der Waals surface area contributed by atoms with Crippen LogP contribution in [0.25, 0.3) is 0 Å². The molecule has 0 radical (unpaired) electrons. The van der Waals surface area contributed by atoms with Crippen LogP contribution < -0.4 is 4.90 Å². The van der Waals surface area contributed by atoms with Crippen molar-refractivity contribution in [1.29, 1.82) is 0 Å².